The fourth-order valence-electron chi connectivity index (χ4n) is 4.31. The summed E-state index contributed by atoms with van der Waals surface area (Å²) in [4.78, 5) is 15.2. The number of rotatable bonds is 6. The summed E-state index contributed by atoms with van der Waals surface area (Å²) < 4.78 is 0. The lowest BCUT2D eigenvalue weighted by Gasteiger charge is -2.37. The summed E-state index contributed by atoms with van der Waals surface area (Å²) in [5, 5.41) is 3.71. The van der Waals surface area contributed by atoms with Crippen LogP contribution in [0.2, 0.25) is 0 Å². The van der Waals surface area contributed by atoms with Crippen molar-refractivity contribution in [2.24, 2.45) is 17.8 Å². The predicted octanol–water partition coefficient (Wildman–Crippen LogP) is 3.78. The van der Waals surface area contributed by atoms with E-state index in [0.29, 0.717) is 29.7 Å². The van der Waals surface area contributed by atoms with Crippen molar-refractivity contribution in [1.82, 2.24) is 10.2 Å². The number of nitrogens with one attached hydrogen (secondary N) is 1. The molecule has 21 heavy (non-hydrogen) atoms. The van der Waals surface area contributed by atoms with Gasteiger partial charge in [0.15, 0.2) is 0 Å². The third-order valence-electron chi connectivity index (χ3n) is 5.32. The fourth-order valence-corrected chi connectivity index (χ4v) is 4.31. The van der Waals surface area contributed by atoms with Crippen molar-refractivity contribution in [1.29, 1.82) is 0 Å². The van der Waals surface area contributed by atoms with Gasteiger partial charge in [-0.1, -0.05) is 47.5 Å². The molecule has 1 heterocycles. The van der Waals surface area contributed by atoms with Gasteiger partial charge in [-0.15, -0.1) is 0 Å². The molecule has 0 bridgehead atoms. The van der Waals surface area contributed by atoms with E-state index in [0.717, 1.165) is 12.8 Å². The van der Waals surface area contributed by atoms with E-state index in [4.69, 9.17) is 0 Å². The lowest BCUT2D eigenvalue weighted by molar-refractivity contribution is -0.134. The molecule has 1 saturated heterocycles. The van der Waals surface area contributed by atoms with Crippen LogP contribution in [0.25, 0.3) is 0 Å². The van der Waals surface area contributed by atoms with Gasteiger partial charge < -0.3 is 4.90 Å². The Balaban J connectivity index is 2.20. The molecule has 2 fully saturated rings. The summed E-state index contributed by atoms with van der Waals surface area (Å²) in [6, 6.07) is 0.427. The molecule has 0 radical (unpaired) electrons. The van der Waals surface area contributed by atoms with Crippen LogP contribution in [-0.2, 0) is 4.79 Å². The molecule has 1 aliphatic heterocycles. The van der Waals surface area contributed by atoms with Gasteiger partial charge in [0.1, 0.15) is 0 Å². The second kappa shape index (κ2) is 7.13. The molecule has 0 aromatic carbocycles. The summed E-state index contributed by atoms with van der Waals surface area (Å²) in [5.74, 6) is 2.12. The van der Waals surface area contributed by atoms with Crippen LogP contribution in [0.15, 0.2) is 0 Å². The van der Waals surface area contributed by atoms with E-state index in [2.05, 4.69) is 44.8 Å². The third kappa shape index (κ3) is 3.61. The largest absolute Gasteiger partial charge is 0.322 e. The van der Waals surface area contributed by atoms with Crippen molar-refractivity contribution >= 4 is 5.91 Å². The highest BCUT2D eigenvalue weighted by Crippen LogP contribution is 2.35. The molecule has 122 valence electrons. The van der Waals surface area contributed by atoms with Crippen molar-refractivity contribution in [3.8, 4) is 0 Å². The molecule has 1 amide bonds. The maximum absolute atomic E-state index is 13.0. The predicted molar refractivity (Wildman–Crippen MR) is 87.9 cm³/mol. The fraction of sp³-hybridized carbons (Fsp3) is 0.944. The molecule has 0 spiro atoms. The Kier molecular flexibility index (Phi) is 5.70. The van der Waals surface area contributed by atoms with E-state index >= 15 is 0 Å². The van der Waals surface area contributed by atoms with Crippen molar-refractivity contribution in [2.75, 3.05) is 0 Å². The quantitative estimate of drug-likeness (QED) is 0.808. The summed E-state index contributed by atoms with van der Waals surface area (Å²) in [5.41, 5.74) is 0. The van der Waals surface area contributed by atoms with Gasteiger partial charge in [0, 0.05) is 6.04 Å². The van der Waals surface area contributed by atoms with E-state index in [9.17, 15) is 4.79 Å². The first-order chi connectivity index (χ1) is 9.95. The van der Waals surface area contributed by atoms with E-state index in [1.807, 2.05) is 0 Å². The molecular formula is C18H34N2O. The number of nitrogens with zero attached hydrogens (tertiary/aromatic N) is 1. The lowest BCUT2D eigenvalue weighted by Crippen LogP contribution is -2.49. The first-order valence-electron chi connectivity index (χ1n) is 9.03. The van der Waals surface area contributed by atoms with Crippen LogP contribution < -0.4 is 5.32 Å². The van der Waals surface area contributed by atoms with Gasteiger partial charge in [0.05, 0.1) is 12.2 Å². The number of carbonyl (C=O) groups excluding carboxylic acids is 1. The third-order valence-corrected chi connectivity index (χ3v) is 5.32. The van der Waals surface area contributed by atoms with Crippen molar-refractivity contribution in [3.63, 3.8) is 0 Å². The lowest BCUT2D eigenvalue weighted by atomic mass is 9.96. The highest BCUT2D eigenvalue weighted by atomic mass is 16.2. The SMILES string of the molecule is CCC(C(C)C)N1C(=O)C(CC(C)C)NC1C1CCCC1. The summed E-state index contributed by atoms with van der Waals surface area (Å²) >= 11 is 0. The standard InChI is InChI=1S/C18H34N2O/c1-6-16(13(4)5)20-17(14-9-7-8-10-14)19-15(18(20)21)11-12(2)3/h12-17,19H,6-11H2,1-5H3. The molecule has 3 nitrogen and oxygen atoms in total. The first-order valence-corrected chi connectivity index (χ1v) is 9.03. The molecule has 0 aromatic heterocycles. The summed E-state index contributed by atoms with van der Waals surface area (Å²) in [6.45, 7) is 11.1. The van der Waals surface area contributed by atoms with Crippen LogP contribution in [-0.4, -0.2) is 29.1 Å². The van der Waals surface area contributed by atoms with Gasteiger partial charge in [0.2, 0.25) is 5.91 Å². The zero-order chi connectivity index (χ0) is 15.6. The van der Waals surface area contributed by atoms with Gasteiger partial charge in [0.25, 0.3) is 0 Å². The van der Waals surface area contributed by atoms with Gasteiger partial charge in [-0.05, 0) is 43.4 Å². The van der Waals surface area contributed by atoms with Crippen molar-refractivity contribution in [3.05, 3.63) is 0 Å². The Hall–Kier alpha value is -0.570. The van der Waals surface area contributed by atoms with Crippen LogP contribution in [0.3, 0.4) is 0 Å². The van der Waals surface area contributed by atoms with E-state index in [-0.39, 0.29) is 12.2 Å². The Morgan fingerprint density at radius 3 is 2.29 bits per heavy atom. The molecule has 1 saturated carbocycles. The second-order valence-corrected chi connectivity index (χ2v) is 7.80. The highest BCUT2D eigenvalue weighted by Gasteiger charge is 2.46. The van der Waals surface area contributed by atoms with Crippen LogP contribution in [0, 0.1) is 17.8 Å². The Morgan fingerprint density at radius 2 is 1.81 bits per heavy atom. The Morgan fingerprint density at radius 1 is 1.19 bits per heavy atom. The maximum atomic E-state index is 13.0. The molecule has 1 N–H and O–H groups in total. The normalized spacial score (nSPS) is 29.1. The van der Waals surface area contributed by atoms with Gasteiger partial charge in [-0.2, -0.15) is 0 Å². The molecule has 3 atom stereocenters. The molecular weight excluding hydrogens is 260 g/mol. The summed E-state index contributed by atoms with van der Waals surface area (Å²) in [6.07, 6.45) is 7.54. The van der Waals surface area contributed by atoms with Crippen LogP contribution >= 0.6 is 0 Å². The van der Waals surface area contributed by atoms with Gasteiger partial charge in [-0.3, -0.25) is 10.1 Å². The van der Waals surface area contributed by atoms with Crippen molar-refractivity contribution < 1.29 is 4.79 Å². The zero-order valence-electron chi connectivity index (χ0n) is 14.6. The Bertz CT molecular complexity index is 347. The minimum absolute atomic E-state index is 0.0448. The number of hydrogen-bond acceptors (Lipinski definition) is 2. The number of hydrogen-bond donors (Lipinski definition) is 1. The van der Waals surface area contributed by atoms with Crippen LogP contribution in [0.5, 0.6) is 0 Å². The highest BCUT2D eigenvalue weighted by molar-refractivity contribution is 5.84. The Labute approximate surface area is 130 Å². The molecule has 2 rings (SSSR count). The average molecular weight is 294 g/mol. The first kappa shape index (κ1) is 16.8. The second-order valence-electron chi connectivity index (χ2n) is 7.80. The number of carbonyl (C=O) groups is 1. The van der Waals surface area contributed by atoms with Crippen LogP contribution in [0.1, 0.15) is 73.1 Å². The van der Waals surface area contributed by atoms with E-state index in [1.165, 1.54) is 25.7 Å². The zero-order valence-corrected chi connectivity index (χ0v) is 14.6. The molecule has 0 aromatic rings. The van der Waals surface area contributed by atoms with E-state index in [1.54, 1.807) is 0 Å². The van der Waals surface area contributed by atoms with E-state index < -0.39 is 0 Å². The van der Waals surface area contributed by atoms with Crippen molar-refractivity contribution in [2.45, 2.75) is 91.4 Å². The maximum Gasteiger partial charge on any atom is 0.241 e. The van der Waals surface area contributed by atoms with Gasteiger partial charge >= 0.3 is 0 Å². The summed E-state index contributed by atoms with van der Waals surface area (Å²) in [7, 11) is 0. The van der Waals surface area contributed by atoms with Crippen LogP contribution in [0.4, 0.5) is 0 Å². The van der Waals surface area contributed by atoms with Gasteiger partial charge in [-0.25, -0.2) is 0 Å². The monoisotopic (exact) mass is 294 g/mol. The molecule has 1 aliphatic carbocycles. The minimum atomic E-state index is 0.0448. The topological polar surface area (TPSA) is 32.3 Å². The average Bonchev–Trinajstić information content (AvgIpc) is 3.01. The minimum Gasteiger partial charge on any atom is -0.322 e. The molecule has 3 heteroatoms. The molecule has 3 unspecified atom stereocenters. The molecule has 2 aliphatic rings. The smallest absolute Gasteiger partial charge is 0.241 e. The number of amides is 1.